The van der Waals surface area contributed by atoms with E-state index in [2.05, 4.69) is 18.7 Å². The van der Waals surface area contributed by atoms with E-state index in [9.17, 15) is 0 Å². The van der Waals surface area contributed by atoms with Crippen LogP contribution in [0.3, 0.4) is 0 Å². The lowest BCUT2D eigenvalue weighted by molar-refractivity contribution is 0.170. The van der Waals surface area contributed by atoms with Crippen molar-refractivity contribution in [3.05, 3.63) is 0 Å². The van der Waals surface area contributed by atoms with Gasteiger partial charge in [-0.3, -0.25) is 0 Å². The molecular formula is C12H27NO. The Balaban J connectivity index is 3.49. The first-order chi connectivity index (χ1) is 6.85. The first-order valence-electron chi connectivity index (χ1n) is 6.06. The average Bonchev–Trinajstić information content (AvgIpc) is 2.21. The molecule has 0 N–H and O–H groups in total. The molecule has 0 aromatic rings. The first-order valence-corrected chi connectivity index (χ1v) is 6.06. The maximum absolute atomic E-state index is 5.07. The third-order valence-electron chi connectivity index (χ3n) is 2.48. The fourth-order valence-electron chi connectivity index (χ4n) is 1.53. The second kappa shape index (κ2) is 11.0. The molecule has 0 spiro atoms. The second-order valence-electron chi connectivity index (χ2n) is 3.90. The molecule has 86 valence electrons. The van der Waals surface area contributed by atoms with Crippen LogP contribution < -0.4 is 0 Å². The number of nitrogens with zero attached hydrogens (tertiary/aromatic N) is 1. The van der Waals surface area contributed by atoms with Gasteiger partial charge in [0.15, 0.2) is 0 Å². The maximum atomic E-state index is 5.07. The van der Waals surface area contributed by atoms with Crippen molar-refractivity contribution in [1.29, 1.82) is 0 Å². The van der Waals surface area contributed by atoms with Crippen LogP contribution in [0.5, 0.6) is 0 Å². The highest BCUT2D eigenvalue weighted by Crippen LogP contribution is 2.00. The molecule has 0 radical (unpaired) electrons. The van der Waals surface area contributed by atoms with Crippen molar-refractivity contribution in [1.82, 2.24) is 4.90 Å². The summed E-state index contributed by atoms with van der Waals surface area (Å²) < 4.78 is 5.07. The van der Waals surface area contributed by atoms with Crippen LogP contribution in [-0.2, 0) is 4.74 Å². The fourth-order valence-corrected chi connectivity index (χ4v) is 1.53. The normalized spacial score (nSPS) is 11.1. The molecule has 0 aliphatic heterocycles. The van der Waals surface area contributed by atoms with Gasteiger partial charge in [-0.05, 0) is 32.4 Å². The Bertz CT molecular complexity index is 98.5. The van der Waals surface area contributed by atoms with Gasteiger partial charge in [0.05, 0.1) is 0 Å². The summed E-state index contributed by atoms with van der Waals surface area (Å²) in [6.45, 7) is 9.14. The van der Waals surface area contributed by atoms with Gasteiger partial charge < -0.3 is 9.64 Å². The van der Waals surface area contributed by atoms with Crippen molar-refractivity contribution in [2.45, 2.75) is 46.0 Å². The molecular weight excluding hydrogens is 174 g/mol. The first kappa shape index (κ1) is 13.9. The highest BCUT2D eigenvalue weighted by molar-refractivity contribution is 4.57. The molecule has 0 aliphatic carbocycles. The molecule has 0 fully saturated rings. The summed E-state index contributed by atoms with van der Waals surface area (Å²) in [6, 6.07) is 0. The fraction of sp³-hybridized carbons (Fsp3) is 1.00. The molecule has 0 saturated heterocycles. The predicted molar refractivity (Wildman–Crippen MR) is 62.7 cm³/mol. The van der Waals surface area contributed by atoms with Crippen molar-refractivity contribution in [3.63, 3.8) is 0 Å². The number of methoxy groups -OCH3 is 1. The summed E-state index contributed by atoms with van der Waals surface area (Å²) in [5.41, 5.74) is 0. The highest BCUT2D eigenvalue weighted by Gasteiger charge is 2.02. The van der Waals surface area contributed by atoms with Gasteiger partial charge in [-0.25, -0.2) is 0 Å². The number of ether oxygens (including phenoxy) is 1. The smallest absolute Gasteiger partial charge is 0.0474 e. The van der Waals surface area contributed by atoms with Gasteiger partial charge in [0.1, 0.15) is 0 Å². The van der Waals surface area contributed by atoms with Crippen LogP contribution in [0.15, 0.2) is 0 Å². The zero-order chi connectivity index (χ0) is 10.6. The minimum Gasteiger partial charge on any atom is -0.385 e. The summed E-state index contributed by atoms with van der Waals surface area (Å²) in [5, 5.41) is 0. The van der Waals surface area contributed by atoms with Crippen LogP contribution in [0.4, 0.5) is 0 Å². The van der Waals surface area contributed by atoms with E-state index in [4.69, 9.17) is 4.74 Å². The number of hydrogen-bond acceptors (Lipinski definition) is 2. The van der Waals surface area contributed by atoms with Crippen LogP contribution in [0.25, 0.3) is 0 Å². The molecule has 0 saturated carbocycles. The molecule has 0 unspecified atom stereocenters. The van der Waals surface area contributed by atoms with Crippen molar-refractivity contribution in [2.24, 2.45) is 0 Å². The summed E-state index contributed by atoms with van der Waals surface area (Å²) in [6.07, 6.45) is 6.43. The van der Waals surface area contributed by atoms with Gasteiger partial charge in [-0.15, -0.1) is 0 Å². The molecule has 0 aliphatic rings. The summed E-state index contributed by atoms with van der Waals surface area (Å²) >= 11 is 0. The average molecular weight is 201 g/mol. The van der Waals surface area contributed by atoms with Crippen LogP contribution in [-0.4, -0.2) is 38.3 Å². The summed E-state index contributed by atoms with van der Waals surface area (Å²) in [4.78, 5) is 2.58. The molecule has 0 heterocycles. The van der Waals surface area contributed by atoms with E-state index in [1.807, 2.05) is 0 Å². The number of hydrogen-bond donors (Lipinski definition) is 0. The van der Waals surface area contributed by atoms with Crippen molar-refractivity contribution in [3.8, 4) is 0 Å². The van der Waals surface area contributed by atoms with Crippen molar-refractivity contribution < 1.29 is 4.74 Å². The SMILES string of the molecule is CCCCN(CCCC)CCCOC. The Labute approximate surface area is 89.6 Å². The Kier molecular flexibility index (Phi) is 10.9. The van der Waals surface area contributed by atoms with Gasteiger partial charge in [-0.1, -0.05) is 26.7 Å². The van der Waals surface area contributed by atoms with Gasteiger partial charge in [0, 0.05) is 20.3 Å². The van der Waals surface area contributed by atoms with Gasteiger partial charge in [0.2, 0.25) is 0 Å². The lowest BCUT2D eigenvalue weighted by Crippen LogP contribution is -2.27. The van der Waals surface area contributed by atoms with Gasteiger partial charge in [-0.2, -0.15) is 0 Å². The standard InChI is InChI=1S/C12H27NO/c1-4-6-9-13(10-7-5-2)11-8-12-14-3/h4-12H2,1-3H3. The van der Waals surface area contributed by atoms with E-state index >= 15 is 0 Å². The maximum Gasteiger partial charge on any atom is 0.0474 e. The predicted octanol–water partition coefficient (Wildman–Crippen LogP) is 2.93. The molecule has 0 rings (SSSR count). The zero-order valence-corrected chi connectivity index (χ0v) is 10.2. The Hall–Kier alpha value is -0.0800. The zero-order valence-electron chi connectivity index (χ0n) is 10.2. The van der Waals surface area contributed by atoms with E-state index in [0.29, 0.717) is 0 Å². The Morgan fingerprint density at radius 1 is 0.857 bits per heavy atom. The van der Waals surface area contributed by atoms with E-state index in [-0.39, 0.29) is 0 Å². The largest absolute Gasteiger partial charge is 0.385 e. The van der Waals surface area contributed by atoms with E-state index in [0.717, 1.165) is 6.61 Å². The van der Waals surface area contributed by atoms with E-state index < -0.39 is 0 Å². The van der Waals surface area contributed by atoms with E-state index in [1.165, 1.54) is 51.7 Å². The lowest BCUT2D eigenvalue weighted by atomic mass is 10.2. The molecule has 2 nitrogen and oxygen atoms in total. The van der Waals surface area contributed by atoms with Crippen molar-refractivity contribution in [2.75, 3.05) is 33.4 Å². The van der Waals surface area contributed by atoms with Crippen LogP contribution in [0.1, 0.15) is 46.0 Å². The van der Waals surface area contributed by atoms with Gasteiger partial charge in [0.25, 0.3) is 0 Å². The molecule has 14 heavy (non-hydrogen) atoms. The second-order valence-corrected chi connectivity index (χ2v) is 3.90. The Morgan fingerprint density at radius 3 is 1.79 bits per heavy atom. The van der Waals surface area contributed by atoms with E-state index in [1.54, 1.807) is 7.11 Å². The molecule has 0 atom stereocenters. The third-order valence-corrected chi connectivity index (χ3v) is 2.48. The van der Waals surface area contributed by atoms with Crippen LogP contribution in [0.2, 0.25) is 0 Å². The minimum absolute atomic E-state index is 0.898. The Morgan fingerprint density at radius 2 is 1.36 bits per heavy atom. The van der Waals surface area contributed by atoms with Crippen LogP contribution in [0, 0.1) is 0 Å². The molecule has 0 amide bonds. The summed E-state index contributed by atoms with van der Waals surface area (Å²) in [7, 11) is 1.78. The van der Waals surface area contributed by atoms with Crippen LogP contribution >= 0.6 is 0 Å². The lowest BCUT2D eigenvalue weighted by Gasteiger charge is -2.21. The number of rotatable bonds is 10. The van der Waals surface area contributed by atoms with Gasteiger partial charge >= 0.3 is 0 Å². The third kappa shape index (κ3) is 8.52. The molecule has 2 heteroatoms. The monoisotopic (exact) mass is 201 g/mol. The van der Waals surface area contributed by atoms with Crippen molar-refractivity contribution >= 4 is 0 Å². The molecule has 0 aromatic heterocycles. The minimum atomic E-state index is 0.898. The molecule has 0 aromatic carbocycles. The summed E-state index contributed by atoms with van der Waals surface area (Å²) in [5.74, 6) is 0. The highest BCUT2D eigenvalue weighted by atomic mass is 16.5. The topological polar surface area (TPSA) is 12.5 Å². The quantitative estimate of drug-likeness (QED) is 0.504. The molecule has 0 bridgehead atoms. The number of unbranched alkanes of at least 4 members (excludes halogenated alkanes) is 2.